The van der Waals surface area contributed by atoms with E-state index in [-0.39, 0.29) is 17.4 Å². The van der Waals surface area contributed by atoms with Crippen molar-refractivity contribution in [3.8, 4) is 0 Å². The van der Waals surface area contributed by atoms with Gasteiger partial charge in [0.2, 0.25) is 5.91 Å². The normalized spacial score (nSPS) is 13.3. The number of amides is 1. The molecule has 0 aliphatic heterocycles. The van der Waals surface area contributed by atoms with Crippen LogP contribution in [-0.4, -0.2) is 23.4 Å². The fourth-order valence-corrected chi connectivity index (χ4v) is 3.71. The number of nitrogens with two attached hydrogens (primary N) is 1. The first-order valence-corrected chi connectivity index (χ1v) is 8.60. The number of nitrogens with zero attached hydrogens (tertiary/aromatic N) is 1. The van der Waals surface area contributed by atoms with Crippen molar-refractivity contribution in [2.24, 2.45) is 11.1 Å². The number of carbonyl (C=O) groups excluding carboxylic acids is 1. The molecule has 1 rings (SSSR count). The van der Waals surface area contributed by atoms with Crippen molar-refractivity contribution in [1.29, 1.82) is 0 Å². The van der Waals surface area contributed by atoms with Gasteiger partial charge in [0.05, 0.1) is 10.3 Å². The minimum atomic E-state index is -0.0633. The fraction of sp³-hybridized carbons (Fsp3) is 0.667. The number of halogens is 1. The summed E-state index contributed by atoms with van der Waals surface area (Å²) in [5.41, 5.74) is 6.26. The van der Waals surface area contributed by atoms with Crippen molar-refractivity contribution in [3.63, 3.8) is 0 Å². The molecule has 0 spiro atoms. The standard InChI is InChI=1S/C15H25BrN2OS/c1-5-18(10-12-6-7-13(16)20-12)14(19)8-11(17)9-15(2,3)4/h6-7,11H,5,8-10,17H2,1-4H3. The Kier molecular flexibility index (Phi) is 6.69. The van der Waals surface area contributed by atoms with E-state index in [1.807, 2.05) is 17.9 Å². The molecule has 2 N–H and O–H groups in total. The van der Waals surface area contributed by atoms with E-state index in [1.165, 1.54) is 4.88 Å². The zero-order chi connectivity index (χ0) is 15.3. The molecule has 0 saturated carbocycles. The van der Waals surface area contributed by atoms with Gasteiger partial charge in [-0.3, -0.25) is 4.79 Å². The van der Waals surface area contributed by atoms with Crippen LogP contribution >= 0.6 is 27.3 Å². The third-order valence-corrected chi connectivity index (χ3v) is 4.63. The maximum absolute atomic E-state index is 12.3. The van der Waals surface area contributed by atoms with Gasteiger partial charge in [0, 0.05) is 23.9 Å². The lowest BCUT2D eigenvalue weighted by Crippen LogP contribution is -2.36. The van der Waals surface area contributed by atoms with Crippen molar-refractivity contribution in [2.75, 3.05) is 6.54 Å². The highest BCUT2D eigenvalue weighted by Gasteiger charge is 2.21. The summed E-state index contributed by atoms with van der Waals surface area (Å²) in [5.74, 6) is 0.147. The second kappa shape index (κ2) is 7.57. The fourth-order valence-electron chi connectivity index (χ4n) is 2.21. The van der Waals surface area contributed by atoms with Gasteiger partial charge in [-0.2, -0.15) is 0 Å². The molecular formula is C15H25BrN2OS. The van der Waals surface area contributed by atoms with Crippen LogP contribution in [0.25, 0.3) is 0 Å². The van der Waals surface area contributed by atoms with Crippen LogP contribution in [0.15, 0.2) is 15.9 Å². The number of rotatable bonds is 6. The molecular weight excluding hydrogens is 336 g/mol. The van der Waals surface area contributed by atoms with E-state index in [4.69, 9.17) is 5.73 Å². The van der Waals surface area contributed by atoms with E-state index in [0.717, 1.165) is 16.8 Å². The Bertz CT molecular complexity index is 439. The summed E-state index contributed by atoms with van der Waals surface area (Å²) in [6.45, 7) is 9.86. The van der Waals surface area contributed by atoms with Crippen LogP contribution < -0.4 is 5.73 Å². The molecule has 0 radical (unpaired) electrons. The molecule has 1 aromatic heterocycles. The van der Waals surface area contributed by atoms with Gasteiger partial charge in [-0.25, -0.2) is 0 Å². The zero-order valence-corrected chi connectivity index (χ0v) is 15.2. The number of hydrogen-bond acceptors (Lipinski definition) is 3. The summed E-state index contributed by atoms with van der Waals surface area (Å²) in [6.07, 6.45) is 1.29. The Morgan fingerprint density at radius 1 is 1.45 bits per heavy atom. The molecule has 0 aliphatic carbocycles. The highest BCUT2D eigenvalue weighted by Crippen LogP contribution is 2.24. The summed E-state index contributed by atoms with van der Waals surface area (Å²) in [5, 5.41) is 0. The molecule has 3 nitrogen and oxygen atoms in total. The Hall–Kier alpha value is -0.390. The maximum atomic E-state index is 12.3. The predicted molar refractivity (Wildman–Crippen MR) is 89.8 cm³/mol. The van der Waals surface area contributed by atoms with Crippen LogP contribution in [0.5, 0.6) is 0 Å². The smallest absolute Gasteiger partial charge is 0.224 e. The monoisotopic (exact) mass is 360 g/mol. The highest BCUT2D eigenvalue weighted by molar-refractivity contribution is 9.11. The van der Waals surface area contributed by atoms with Gasteiger partial charge in [-0.1, -0.05) is 20.8 Å². The van der Waals surface area contributed by atoms with Gasteiger partial charge in [-0.05, 0) is 46.8 Å². The van der Waals surface area contributed by atoms with E-state index < -0.39 is 0 Å². The predicted octanol–water partition coefficient (Wildman–Crippen LogP) is 4.01. The van der Waals surface area contributed by atoms with E-state index in [0.29, 0.717) is 13.0 Å². The largest absolute Gasteiger partial charge is 0.338 e. The Morgan fingerprint density at radius 2 is 2.10 bits per heavy atom. The van der Waals surface area contributed by atoms with Crippen LogP contribution in [-0.2, 0) is 11.3 Å². The third-order valence-electron chi connectivity index (χ3n) is 3.02. The molecule has 5 heteroatoms. The highest BCUT2D eigenvalue weighted by atomic mass is 79.9. The van der Waals surface area contributed by atoms with E-state index in [9.17, 15) is 4.79 Å². The minimum Gasteiger partial charge on any atom is -0.338 e. The average molecular weight is 361 g/mol. The van der Waals surface area contributed by atoms with Gasteiger partial charge < -0.3 is 10.6 Å². The van der Waals surface area contributed by atoms with Crippen molar-refractivity contribution in [3.05, 3.63) is 20.8 Å². The van der Waals surface area contributed by atoms with Crippen LogP contribution in [0, 0.1) is 5.41 Å². The van der Waals surface area contributed by atoms with E-state index in [1.54, 1.807) is 11.3 Å². The molecule has 0 fully saturated rings. The summed E-state index contributed by atoms with van der Waals surface area (Å²) in [7, 11) is 0. The second-order valence-corrected chi connectivity index (χ2v) is 8.89. The van der Waals surface area contributed by atoms with Crippen LogP contribution in [0.4, 0.5) is 0 Å². The van der Waals surface area contributed by atoms with Gasteiger partial charge in [0.1, 0.15) is 0 Å². The lowest BCUT2D eigenvalue weighted by molar-refractivity contribution is -0.132. The summed E-state index contributed by atoms with van der Waals surface area (Å²) in [6, 6.07) is 4.01. The van der Waals surface area contributed by atoms with Gasteiger partial charge in [-0.15, -0.1) is 11.3 Å². The van der Waals surface area contributed by atoms with Gasteiger partial charge >= 0.3 is 0 Å². The molecule has 1 amide bonds. The van der Waals surface area contributed by atoms with Gasteiger partial charge in [0.25, 0.3) is 0 Å². The molecule has 1 aromatic rings. The summed E-state index contributed by atoms with van der Waals surface area (Å²) >= 11 is 5.12. The first kappa shape index (κ1) is 17.7. The molecule has 20 heavy (non-hydrogen) atoms. The molecule has 0 saturated heterocycles. The molecule has 1 heterocycles. The van der Waals surface area contributed by atoms with Crippen molar-refractivity contribution in [2.45, 2.75) is 53.1 Å². The van der Waals surface area contributed by atoms with Gasteiger partial charge in [0.15, 0.2) is 0 Å². The molecule has 0 bridgehead atoms. The first-order chi connectivity index (χ1) is 9.21. The van der Waals surface area contributed by atoms with Crippen molar-refractivity contribution >= 4 is 33.2 Å². The molecule has 1 unspecified atom stereocenters. The minimum absolute atomic E-state index is 0.0633. The third kappa shape index (κ3) is 6.37. The quantitative estimate of drug-likeness (QED) is 0.832. The summed E-state index contributed by atoms with van der Waals surface area (Å²) in [4.78, 5) is 15.4. The Balaban J connectivity index is 2.54. The zero-order valence-electron chi connectivity index (χ0n) is 12.8. The molecule has 0 aliphatic rings. The summed E-state index contributed by atoms with van der Waals surface area (Å²) < 4.78 is 1.10. The number of carbonyl (C=O) groups is 1. The molecule has 1 atom stereocenters. The lowest BCUT2D eigenvalue weighted by Gasteiger charge is -2.26. The Labute approximate surface area is 134 Å². The van der Waals surface area contributed by atoms with E-state index in [2.05, 4.69) is 42.8 Å². The molecule has 0 aromatic carbocycles. The van der Waals surface area contributed by atoms with Crippen LogP contribution in [0.3, 0.4) is 0 Å². The second-order valence-electron chi connectivity index (χ2n) is 6.34. The number of hydrogen-bond donors (Lipinski definition) is 1. The topological polar surface area (TPSA) is 46.3 Å². The number of thiophene rings is 1. The first-order valence-electron chi connectivity index (χ1n) is 6.99. The lowest BCUT2D eigenvalue weighted by atomic mass is 9.87. The maximum Gasteiger partial charge on any atom is 0.224 e. The molecule has 114 valence electrons. The van der Waals surface area contributed by atoms with Crippen molar-refractivity contribution in [1.82, 2.24) is 4.90 Å². The Morgan fingerprint density at radius 3 is 2.55 bits per heavy atom. The van der Waals surface area contributed by atoms with E-state index >= 15 is 0 Å². The van der Waals surface area contributed by atoms with Crippen LogP contribution in [0.2, 0.25) is 0 Å². The SMILES string of the molecule is CCN(Cc1ccc(Br)s1)C(=O)CC(N)CC(C)(C)C. The van der Waals surface area contributed by atoms with Crippen molar-refractivity contribution < 1.29 is 4.79 Å². The van der Waals surface area contributed by atoms with Crippen LogP contribution in [0.1, 0.15) is 45.4 Å². The average Bonchev–Trinajstić information content (AvgIpc) is 2.68.